The molecule has 0 spiro atoms. The molecule has 174 valence electrons. The Morgan fingerprint density at radius 3 is 2.32 bits per heavy atom. The van der Waals surface area contributed by atoms with Crippen molar-refractivity contribution in [2.45, 2.75) is 20.8 Å². The molecule has 2 aromatic carbocycles. The number of hydrogen-bond acceptors (Lipinski definition) is 7. The number of benzene rings is 2. The lowest BCUT2D eigenvalue weighted by Gasteiger charge is -2.10. The Balaban J connectivity index is 1.98. The number of carbonyl (C=O) groups is 2. The molecule has 9 heteroatoms. The largest absolute Gasteiger partial charge is 0.503 e. The van der Waals surface area contributed by atoms with E-state index >= 15 is 0 Å². The summed E-state index contributed by atoms with van der Waals surface area (Å²) in [5.74, 6) is -2.93. The van der Waals surface area contributed by atoms with Gasteiger partial charge in [0.05, 0.1) is 23.6 Å². The summed E-state index contributed by atoms with van der Waals surface area (Å²) >= 11 is 0.964. The normalized spacial score (nSPS) is 10.9. The summed E-state index contributed by atoms with van der Waals surface area (Å²) in [5, 5.41) is 21.9. The van der Waals surface area contributed by atoms with Crippen LogP contribution in [0.3, 0.4) is 0 Å². The summed E-state index contributed by atoms with van der Waals surface area (Å²) < 4.78 is 19.7. The molecule has 0 fully saturated rings. The van der Waals surface area contributed by atoms with Gasteiger partial charge in [-0.05, 0) is 50.6 Å². The van der Waals surface area contributed by atoms with Crippen LogP contribution < -0.4 is 0 Å². The molecule has 2 N–H and O–H groups in total. The second-order valence-electron chi connectivity index (χ2n) is 7.56. The zero-order valence-electron chi connectivity index (χ0n) is 18.6. The number of esters is 1. The Labute approximate surface area is 198 Å². The van der Waals surface area contributed by atoms with Gasteiger partial charge in [0.25, 0.3) is 0 Å². The first-order valence-corrected chi connectivity index (χ1v) is 11.2. The maximum absolute atomic E-state index is 13.4. The molecule has 2 aromatic heterocycles. The molecule has 0 aliphatic heterocycles. The van der Waals surface area contributed by atoms with Crippen molar-refractivity contribution < 1.29 is 28.9 Å². The van der Waals surface area contributed by atoms with Gasteiger partial charge in [0.15, 0.2) is 16.7 Å². The number of hydrogen-bond donors (Lipinski definition) is 2. The average Bonchev–Trinajstić information content (AvgIpc) is 3.31. The first kappa shape index (κ1) is 23.2. The summed E-state index contributed by atoms with van der Waals surface area (Å²) in [7, 11) is 0. The lowest BCUT2D eigenvalue weighted by Crippen LogP contribution is -2.05. The summed E-state index contributed by atoms with van der Waals surface area (Å²) in [5.41, 5.74) is 2.03. The number of aromatic nitrogens is 2. The molecule has 4 aromatic rings. The van der Waals surface area contributed by atoms with Gasteiger partial charge in [-0.2, -0.15) is 0 Å². The van der Waals surface area contributed by atoms with Gasteiger partial charge in [0.1, 0.15) is 10.7 Å². The molecule has 0 radical (unpaired) electrons. The van der Waals surface area contributed by atoms with Crippen LogP contribution in [0.2, 0.25) is 0 Å². The van der Waals surface area contributed by atoms with E-state index in [4.69, 9.17) is 4.74 Å². The number of aryl methyl sites for hydroxylation is 2. The van der Waals surface area contributed by atoms with Crippen molar-refractivity contribution in [3.63, 3.8) is 0 Å². The molecule has 0 bridgehead atoms. The van der Waals surface area contributed by atoms with Crippen molar-refractivity contribution in [1.82, 2.24) is 9.55 Å². The first-order valence-electron chi connectivity index (χ1n) is 10.4. The Hall–Kier alpha value is -3.98. The topological polar surface area (TPSA) is 102 Å². The smallest absolute Gasteiger partial charge is 0.350 e. The van der Waals surface area contributed by atoms with E-state index < -0.39 is 29.2 Å². The SMILES string of the molecule is CCOC(=O)c1sc(-n2c(O)c(O)c(C(=O)c3ccc(F)cc3)c2-c2ccc(C)cc2)nc1C. The van der Waals surface area contributed by atoms with Crippen molar-refractivity contribution in [2.75, 3.05) is 6.61 Å². The van der Waals surface area contributed by atoms with Crippen LogP contribution in [0.5, 0.6) is 11.6 Å². The van der Waals surface area contributed by atoms with Crippen LogP contribution in [0, 0.1) is 19.7 Å². The summed E-state index contributed by atoms with van der Waals surface area (Å²) in [4.78, 5) is 30.4. The van der Waals surface area contributed by atoms with Crippen LogP contribution in [0.25, 0.3) is 16.4 Å². The van der Waals surface area contributed by atoms with Crippen LogP contribution in [0.1, 0.15) is 43.8 Å². The van der Waals surface area contributed by atoms with E-state index in [1.165, 1.54) is 16.7 Å². The van der Waals surface area contributed by atoms with E-state index in [9.17, 15) is 24.2 Å². The van der Waals surface area contributed by atoms with E-state index in [0.29, 0.717) is 11.3 Å². The Bertz CT molecular complexity index is 1390. The van der Waals surface area contributed by atoms with E-state index in [-0.39, 0.29) is 33.4 Å². The highest BCUT2D eigenvalue weighted by atomic mass is 32.1. The van der Waals surface area contributed by atoms with Gasteiger partial charge in [-0.3, -0.25) is 9.36 Å². The minimum Gasteiger partial charge on any atom is -0.503 e. The highest BCUT2D eigenvalue weighted by Gasteiger charge is 2.31. The monoisotopic (exact) mass is 480 g/mol. The molecule has 0 unspecified atom stereocenters. The van der Waals surface area contributed by atoms with Gasteiger partial charge in [-0.1, -0.05) is 41.2 Å². The van der Waals surface area contributed by atoms with Crippen LogP contribution >= 0.6 is 11.3 Å². The molecule has 0 aliphatic rings. The molecule has 4 rings (SSSR count). The fourth-order valence-electron chi connectivity index (χ4n) is 3.54. The number of aromatic hydroxyl groups is 2. The molecule has 7 nitrogen and oxygen atoms in total. The molecular formula is C25H21FN2O5S. The summed E-state index contributed by atoms with van der Waals surface area (Å²) in [6, 6.07) is 12.0. The Kier molecular flexibility index (Phi) is 6.21. The van der Waals surface area contributed by atoms with Crippen molar-refractivity contribution in [2.24, 2.45) is 0 Å². The zero-order chi connectivity index (χ0) is 24.6. The third-order valence-corrected chi connectivity index (χ3v) is 6.34. The van der Waals surface area contributed by atoms with Gasteiger partial charge in [-0.15, -0.1) is 0 Å². The minimum absolute atomic E-state index is 0.129. The lowest BCUT2D eigenvalue weighted by atomic mass is 9.98. The van der Waals surface area contributed by atoms with E-state index in [1.54, 1.807) is 26.0 Å². The summed E-state index contributed by atoms with van der Waals surface area (Å²) in [6.07, 6.45) is 0. The second kappa shape index (κ2) is 9.11. The highest BCUT2D eigenvalue weighted by Crippen LogP contribution is 2.45. The molecule has 34 heavy (non-hydrogen) atoms. The lowest BCUT2D eigenvalue weighted by molar-refractivity contribution is 0.0531. The third-order valence-electron chi connectivity index (χ3n) is 5.22. The predicted octanol–water partition coefficient (Wildman–Crippen LogP) is 5.18. The number of thiazole rings is 1. The molecule has 0 atom stereocenters. The Morgan fingerprint density at radius 2 is 1.71 bits per heavy atom. The second-order valence-corrected chi connectivity index (χ2v) is 8.54. The molecule has 0 saturated carbocycles. The number of carbonyl (C=O) groups excluding carboxylic acids is 2. The number of rotatable bonds is 6. The molecule has 0 saturated heterocycles. The quantitative estimate of drug-likeness (QED) is 0.291. The van der Waals surface area contributed by atoms with Crippen molar-refractivity contribution in [3.8, 4) is 28.0 Å². The standard InChI is InChI=1S/C25H21FN2O5S/c1-4-33-24(32)22-14(3)27-25(34-22)28-19(15-7-5-13(2)6-8-15)18(21(30)23(28)31)20(29)16-9-11-17(26)12-10-16/h5-12,30-31H,4H2,1-3H3. The first-order chi connectivity index (χ1) is 16.2. The van der Waals surface area contributed by atoms with E-state index in [1.807, 2.05) is 19.1 Å². The van der Waals surface area contributed by atoms with Crippen molar-refractivity contribution >= 4 is 23.1 Å². The minimum atomic E-state index is -0.643. The van der Waals surface area contributed by atoms with Gasteiger partial charge in [0, 0.05) is 5.56 Å². The fourth-order valence-corrected chi connectivity index (χ4v) is 4.51. The third kappa shape index (κ3) is 4.06. The van der Waals surface area contributed by atoms with E-state index in [2.05, 4.69) is 4.98 Å². The maximum Gasteiger partial charge on any atom is 0.350 e. The molecule has 2 heterocycles. The van der Waals surface area contributed by atoms with Gasteiger partial charge in [-0.25, -0.2) is 14.2 Å². The maximum atomic E-state index is 13.4. The highest BCUT2D eigenvalue weighted by molar-refractivity contribution is 7.16. The van der Waals surface area contributed by atoms with E-state index in [0.717, 1.165) is 29.0 Å². The summed E-state index contributed by atoms with van der Waals surface area (Å²) in [6.45, 7) is 5.40. The Morgan fingerprint density at radius 1 is 1.06 bits per heavy atom. The van der Waals surface area contributed by atoms with Crippen molar-refractivity contribution in [1.29, 1.82) is 0 Å². The van der Waals surface area contributed by atoms with Crippen LogP contribution in [0.4, 0.5) is 4.39 Å². The average molecular weight is 481 g/mol. The van der Waals surface area contributed by atoms with Crippen LogP contribution in [0.15, 0.2) is 48.5 Å². The van der Waals surface area contributed by atoms with Crippen LogP contribution in [-0.2, 0) is 4.74 Å². The predicted molar refractivity (Wildman–Crippen MR) is 125 cm³/mol. The van der Waals surface area contributed by atoms with Crippen LogP contribution in [-0.4, -0.2) is 38.1 Å². The fraction of sp³-hybridized carbons (Fsp3) is 0.160. The van der Waals surface area contributed by atoms with Gasteiger partial charge in [0.2, 0.25) is 5.88 Å². The number of nitrogens with zero attached hydrogens (tertiary/aromatic N) is 2. The zero-order valence-corrected chi connectivity index (χ0v) is 19.4. The number of ether oxygens (including phenoxy) is 1. The number of ketones is 1. The van der Waals surface area contributed by atoms with Crippen molar-refractivity contribution in [3.05, 3.63) is 81.6 Å². The van der Waals surface area contributed by atoms with Gasteiger partial charge >= 0.3 is 5.97 Å². The molecule has 0 amide bonds. The van der Waals surface area contributed by atoms with Gasteiger partial charge < -0.3 is 14.9 Å². The molecule has 0 aliphatic carbocycles. The molecular weight excluding hydrogens is 459 g/mol. The number of halogens is 1.